The number of ether oxygens (including phenoxy) is 4. The van der Waals surface area contributed by atoms with Crippen molar-refractivity contribution in [2.75, 3.05) is 33.3 Å². The number of methoxy groups -OCH3 is 3. The molecule has 138 valence electrons. The Kier molecular flexibility index (Phi) is 6.62. The number of carbonyl (C=O) groups excluding carboxylic acids is 2. The maximum Gasteiger partial charge on any atom is 0.341 e. The second-order valence-electron chi connectivity index (χ2n) is 4.88. The van der Waals surface area contributed by atoms with Crippen molar-refractivity contribution in [2.45, 2.75) is 0 Å². The first-order valence-electron chi connectivity index (χ1n) is 7.37. The number of pyridine rings is 1. The molecule has 1 amide bonds. The lowest BCUT2D eigenvalue weighted by Gasteiger charge is -2.14. The van der Waals surface area contributed by atoms with Crippen LogP contribution < -0.4 is 19.5 Å². The normalized spacial score (nSPS) is 10.0. The van der Waals surface area contributed by atoms with E-state index in [2.05, 4.69) is 10.3 Å². The second kappa shape index (κ2) is 8.91. The van der Waals surface area contributed by atoms with E-state index in [4.69, 9.17) is 30.5 Å². The first-order chi connectivity index (χ1) is 12.5. The van der Waals surface area contributed by atoms with Crippen molar-refractivity contribution in [1.29, 1.82) is 0 Å². The molecule has 2 rings (SSSR count). The fourth-order valence-electron chi connectivity index (χ4n) is 2.10. The Morgan fingerprint density at radius 1 is 1.12 bits per heavy atom. The van der Waals surface area contributed by atoms with Crippen molar-refractivity contribution in [3.63, 3.8) is 0 Å². The minimum absolute atomic E-state index is 0.00235. The average Bonchev–Trinajstić information content (AvgIpc) is 2.65. The highest BCUT2D eigenvalue weighted by molar-refractivity contribution is 6.32. The van der Waals surface area contributed by atoms with Crippen LogP contribution in [0.25, 0.3) is 0 Å². The molecule has 0 aliphatic rings. The van der Waals surface area contributed by atoms with Gasteiger partial charge in [-0.05, 0) is 12.1 Å². The zero-order chi connectivity index (χ0) is 19.1. The van der Waals surface area contributed by atoms with Crippen LogP contribution in [0.2, 0.25) is 5.15 Å². The summed E-state index contributed by atoms with van der Waals surface area (Å²) in [6, 6.07) is 6.10. The summed E-state index contributed by atoms with van der Waals surface area (Å²) in [5.74, 6) is -0.149. The minimum atomic E-state index is -0.747. The van der Waals surface area contributed by atoms with Gasteiger partial charge in [-0.15, -0.1) is 0 Å². The summed E-state index contributed by atoms with van der Waals surface area (Å²) in [5, 5.41) is 2.59. The first kappa shape index (κ1) is 19.3. The summed E-state index contributed by atoms with van der Waals surface area (Å²) < 4.78 is 20.6. The van der Waals surface area contributed by atoms with Crippen LogP contribution >= 0.6 is 11.6 Å². The lowest BCUT2D eigenvalue weighted by molar-refractivity contribution is -0.119. The van der Waals surface area contributed by atoms with Gasteiger partial charge in [-0.1, -0.05) is 11.6 Å². The third-order valence-electron chi connectivity index (χ3n) is 3.26. The summed E-state index contributed by atoms with van der Waals surface area (Å²) >= 11 is 5.81. The molecule has 9 heteroatoms. The van der Waals surface area contributed by atoms with Gasteiger partial charge >= 0.3 is 5.97 Å². The van der Waals surface area contributed by atoms with Crippen molar-refractivity contribution in [2.24, 2.45) is 0 Å². The number of esters is 1. The fraction of sp³-hybridized carbons (Fsp3) is 0.235. The molecule has 0 unspecified atom stereocenters. The molecule has 26 heavy (non-hydrogen) atoms. The van der Waals surface area contributed by atoms with E-state index in [-0.39, 0.29) is 10.7 Å². The Labute approximate surface area is 155 Å². The molecule has 0 aliphatic carbocycles. The van der Waals surface area contributed by atoms with Gasteiger partial charge in [-0.25, -0.2) is 9.78 Å². The van der Waals surface area contributed by atoms with Crippen molar-refractivity contribution in [3.8, 4) is 17.2 Å². The van der Waals surface area contributed by atoms with Crippen LogP contribution in [0.3, 0.4) is 0 Å². The van der Waals surface area contributed by atoms with Crippen molar-refractivity contribution in [3.05, 3.63) is 41.2 Å². The smallest absolute Gasteiger partial charge is 0.341 e. The van der Waals surface area contributed by atoms with Crippen LogP contribution in [0.15, 0.2) is 30.5 Å². The van der Waals surface area contributed by atoms with Crippen LogP contribution in [0.4, 0.5) is 5.69 Å². The van der Waals surface area contributed by atoms with Gasteiger partial charge in [0.15, 0.2) is 18.1 Å². The van der Waals surface area contributed by atoms with Crippen LogP contribution in [0.5, 0.6) is 17.2 Å². The Morgan fingerprint density at radius 2 is 1.77 bits per heavy atom. The Morgan fingerprint density at radius 3 is 2.31 bits per heavy atom. The quantitative estimate of drug-likeness (QED) is 0.582. The number of hydrogen-bond acceptors (Lipinski definition) is 7. The van der Waals surface area contributed by atoms with Gasteiger partial charge in [0.1, 0.15) is 5.15 Å². The molecule has 0 bridgehead atoms. The van der Waals surface area contributed by atoms with Gasteiger partial charge in [-0.3, -0.25) is 4.79 Å². The largest absolute Gasteiger partial charge is 0.493 e. The topological polar surface area (TPSA) is 96.0 Å². The maximum atomic E-state index is 12.0. The number of nitrogens with zero attached hydrogens (tertiary/aromatic N) is 1. The first-order valence-corrected chi connectivity index (χ1v) is 7.75. The number of carbonyl (C=O) groups is 2. The van der Waals surface area contributed by atoms with Crippen molar-refractivity contribution < 1.29 is 28.5 Å². The summed E-state index contributed by atoms with van der Waals surface area (Å²) in [4.78, 5) is 27.7. The Bertz CT molecular complexity index is 787. The molecule has 0 fully saturated rings. The minimum Gasteiger partial charge on any atom is -0.493 e. The SMILES string of the molecule is COc1cc(NC(=O)COC(=O)c2cccnc2Cl)cc(OC)c1OC. The molecule has 0 radical (unpaired) electrons. The van der Waals surface area contributed by atoms with E-state index in [0.29, 0.717) is 22.9 Å². The summed E-state index contributed by atoms with van der Waals surface area (Å²) in [5.41, 5.74) is 0.467. The molecule has 1 aromatic heterocycles. The van der Waals surface area contributed by atoms with E-state index < -0.39 is 18.5 Å². The monoisotopic (exact) mass is 380 g/mol. The standard InChI is InChI=1S/C17H17ClN2O6/c1-23-12-7-10(8-13(24-2)15(12)25-3)20-14(21)9-26-17(22)11-5-4-6-19-16(11)18/h4-8H,9H2,1-3H3,(H,20,21). The molecule has 1 aromatic carbocycles. The number of aromatic nitrogens is 1. The predicted molar refractivity (Wildman–Crippen MR) is 94.3 cm³/mol. The third kappa shape index (κ3) is 4.54. The highest BCUT2D eigenvalue weighted by Gasteiger charge is 2.17. The van der Waals surface area contributed by atoms with Crippen molar-refractivity contribution >= 4 is 29.2 Å². The van der Waals surface area contributed by atoms with Crippen LogP contribution in [-0.2, 0) is 9.53 Å². The molecule has 2 aromatic rings. The van der Waals surface area contributed by atoms with Crippen LogP contribution in [0.1, 0.15) is 10.4 Å². The molecule has 0 spiro atoms. The maximum absolute atomic E-state index is 12.0. The predicted octanol–water partition coefficient (Wildman–Crippen LogP) is 2.56. The lowest BCUT2D eigenvalue weighted by atomic mass is 10.2. The molecule has 0 saturated carbocycles. The average molecular weight is 381 g/mol. The fourth-order valence-corrected chi connectivity index (χ4v) is 2.29. The highest BCUT2D eigenvalue weighted by Crippen LogP contribution is 2.39. The molecule has 0 aliphatic heterocycles. The zero-order valence-corrected chi connectivity index (χ0v) is 15.1. The van der Waals surface area contributed by atoms with E-state index in [0.717, 1.165) is 0 Å². The molecule has 8 nitrogen and oxygen atoms in total. The van der Waals surface area contributed by atoms with Gasteiger partial charge in [0.05, 0.1) is 26.9 Å². The van der Waals surface area contributed by atoms with Gasteiger partial charge in [0, 0.05) is 24.0 Å². The lowest BCUT2D eigenvalue weighted by Crippen LogP contribution is -2.21. The van der Waals surface area contributed by atoms with Gasteiger partial charge < -0.3 is 24.3 Å². The second-order valence-corrected chi connectivity index (χ2v) is 5.24. The summed E-state index contributed by atoms with van der Waals surface area (Å²) in [6.45, 7) is -0.499. The highest BCUT2D eigenvalue weighted by atomic mass is 35.5. The molecular formula is C17H17ClN2O6. The van der Waals surface area contributed by atoms with E-state index >= 15 is 0 Å². The van der Waals surface area contributed by atoms with Crippen molar-refractivity contribution in [1.82, 2.24) is 4.98 Å². The van der Waals surface area contributed by atoms with E-state index in [1.165, 1.54) is 33.6 Å². The number of amides is 1. The number of rotatable bonds is 7. The number of anilines is 1. The number of nitrogens with one attached hydrogen (secondary N) is 1. The Balaban J connectivity index is 2.04. The molecular weight excluding hydrogens is 364 g/mol. The summed E-state index contributed by atoms with van der Waals surface area (Å²) in [6.07, 6.45) is 1.44. The molecule has 1 heterocycles. The van der Waals surface area contributed by atoms with E-state index in [1.54, 1.807) is 18.2 Å². The van der Waals surface area contributed by atoms with Gasteiger partial charge in [0.25, 0.3) is 5.91 Å². The molecule has 0 atom stereocenters. The van der Waals surface area contributed by atoms with Gasteiger partial charge in [0.2, 0.25) is 5.75 Å². The number of benzene rings is 1. The molecule has 0 saturated heterocycles. The van der Waals surface area contributed by atoms with E-state index in [1.807, 2.05) is 0 Å². The van der Waals surface area contributed by atoms with E-state index in [9.17, 15) is 9.59 Å². The van der Waals surface area contributed by atoms with Crippen LogP contribution in [-0.4, -0.2) is 44.8 Å². The van der Waals surface area contributed by atoms with Crippen LogP contribution in [0, 0.1) is 0 Å². The number of hydrogen-bond donors (Lipinski definition) is 1. The summed E-state index contributed by atoms with van der Waals surface area (Å²) in [7, 11) is 4.40. The van der Waals surface area contributed by atoms with Gasteiger partial charge in [-0.2, -0.15) is 0 Å². The molecule has 1 N–H and O–H groups in total. The third-order valence-corrected chi connectivity index (χ3v) is 3.56. The zero-order valence-electron chi connectivity index (χ0n) is 14.4. The number of halogens is 1. The Hall–Kier alpha value is -3.00.